The summed E-state index contributed by atoms with van der Waals surface area (Å²) in [5.74, 6) is 0.0327. The molecular weight excluding hydrogens is 178 g/mol. The first kappa shape index (κ1) is 12.9. The molecule has 2 N–H and O–H groups in total. The number of carbonyl (C=O) groups is 1. The van der Waals surface area contributed by atoms with Gasteiger partial charge >= 0.3 is 0 Å². The van der Waals surface area contributed by atoms with Crippen molar-refractivity contribution in [2.24, 2.45) is 5.41 Å². The molecule has 0 atom stereocenters. The molecule has 0 saturated heterocycles. The Hall–Kier alpha value is -1.08. The summed E-state index contributed by atoms with van der Waals surface area (Å²) in [7, 11) is 1.64. The molecule has 4 nitrogen and oxygen atoms in total. The number of nitrogens with one attached hydrogen (secondary N) is 2. The van der Waals surface area contributed by atoms with Crippen molar-refractivity contribution in [3.63, 3.8) is 0 Å². The van der Waals surface area contributed by atoms with Gasteiger partial charge in [-0.3, -0.25) is 4.79 Å². The molecule has 0 aromatic heterocycles. The van der Waals surface area contributed by atoms with E-state index in [1.54, 1.807) is 7.05 Å². The van der Waals surface area contributed by atoms with Crippen molar-refractivity contribution in [1.82, 2.24) is 10.6 Å². The molecule has 0 radical (unpaired) electrons. The highest BCUT2D eigenvalue weighted by Gasteiger charge is 2.25. The Bertz CT molecular complexity index is 218. The average Bonchev–Trinajstić information content (AvgIpc) is 2.16. The number of unbranched alkanes of at least 4 members (excludes halogenated alkanes) is 1. The van der Waals surface area contributed by atoms with E-state index in [-0.39, 0.29) is 11.3 Å². The van der Waals surface area contributed by atoms with Crippen molar-refractivity contribution in [2.75, 3.05) is 20.1 Å². The van der Waals surface area contributed by atoms with Crippen LogP contribution in [-0.2, 0) is 4.79 Å². The van der Waals surface area contributed by atoms with Crippen LogP contribution in [0.1, 0.15) is 26.7 Å². The molecule has 1 amide bonds. The van der Waals surface area contributed by atoms with Crippen LogP contribution in [0, 0.1) is 16.7 Å². The minimum atomic E-state index is -0.388. The monoisotopic (exact) mass is 197 g/mol. The Balaban J connectivity index is 3.67. The molecule has 0 aliphatic heterocycles. The highest BCUT2D eigenvalue weighted by atomic mass is 16.2. The van der Waals surface area contributed by atoms with Crippen molar-refractivity contribution in [3.05, 3.63) is 0 Å². The van der Waals surface area contributed by atoms with Crippen LogP contribution in [0.5, 0.6) is 0 Å². The van der Waals surface area contributed by atoms with Gasteiger partial charge < -0.3 is 10.6 Å². The van der Waals surface area contributed by atoms with E-state index in [1.807, 2.05) is 13.8 Å². The number of rotatable bonds is 6. The number of amides is 1. The first-order valence-electron chi connectivity index (χ1n) is 4.84. The van der Waals surface area contributed by atoms with Gasteiger partial charge in [0.05, 0.1) is 11.5 Å². The maximum absolute atomic E-state index is 11.3. The fourth-order valence-electron chi connectivity index (χ4n) is 1.11. The van der Waals surface area contributed by atoms with E-state index in [1.165, 1.54) is 0 Å². The average molecular weight is 197 g/mol. The summed E-state index contributed by atoms with van der Waals surface area (Å²) in [6.07, 6.45) is 1.40. The second-order valence-corrected chi connectivity index (χ2v) is 3.90. The lowest BCUT2D eigenvalue weighted by atomic mass is 9.92. The SMILES string of the molecule is CNC(=O)C(C)(C)CNCCCC#N. The van der Waals surface area contributed by atoms with Crippen LogP contribution in [0.2, 0.25) is 0 Å². The van der Waals surface area contributed by atoms with Crippen LogP contribution in [-0.4, -0.2) is 26.0 Å². The minimum absolute atomic E-state index is 0.0327. The van der Waals surface area contributed by atoms with E-state index >= 15 is 0 Å². The molecule has 0 unspecified atom stereocenters. The number of nitriles is 1. The van der Waals surface area contributed by atoms with Gasteiger partial charge in [0.15, 0.2) is 0 Å². The standard InChI is InChI=1S/C10H19N3O/c1-10(2,9(14)12-3)8-13-7-5-4-6-11/h13H,4-5,7-8H2,1-3H3,(H,12,14). The molecule has 0 aromatic carbocycles. The van der Waals surface area contributed by atoms with E-state index in [4.69, 9.17) is 5.26 Å². The number of hydrogen-bond acceptors (Lipinski definition) is 3. The van der Waals surface area contributed by atoms with Crippen molar-refractivity contribution in [1.29, 1.82) is 5.26 Å². The van der Waals surface area contributed by atoms with Crippen molar-refractivity contribution >= 4 is 5.91 Å². The summed E-state index contributed by atoms with van der Waals surface area (Å²) in [6, 6.07) is 2.08. The van der Waals surface area contributed by atoms with Crippen LogP contribution in [0.3, 0.4) is 0 Å². The lowest BCUT2D eigenvalue weighted by Crippen LogP contribution is -2.42. The fourth-order valence-corrected chi connectivity index (χ4v) is 1.11. The van der Waals surface area contributed by atoms with E-state index in [0.29, 0.717) is 13.0 Å². The zero-order valence-electron chi connectivity index (χ0n) is 9.18. The van der Waals surface area contributed by atoms with Crippen molar-refractivity contribution in [2.45, 2.75) is 26.7 Å². The molecule has 0 saturated carbocycles. The largest absolute Gasteiger partial charge is 0.359 e. The summed E-state index contributed by atoms with van der Waals surface area (Å²) >= 11 is 0. The minimum Gasteiger partial charge on any atom is -0.359 e. The Morgan fingerprint density at radius 3 is 2.64 bits per heavy atom. The third kappa shape index (κ3) is 4.83. The zero-order valence-corrected chi connectivity index (χ0v) is 9.18. The normalized spacial score (nSPS) is 10.7. The maximum Gasteiger partial charge on any atom is 0.226 e. The van der Waals surface area contributed by atoms with E-state index < -0.39 is 0 Å². The zero-order chi connectivity index (χ0) is 11.0. The van der Waals surface area contributed by atoms with Gasteiger partial charge in [0.1, 0.15) is 0 Å². The smallest absolute Gasteiger partial charge is 0.226 e. The molecule has 0 spiro atoms. The topological polar surface area (TPSA) is 64.9 Å². The summed E-state index contributed by atoms with van der Waals surface area (Å²) in [4.78, 5) is 11.3. The lowest BCUT2D eigenvalue weighted by Gasteiger charge is -2.22. The van der Waals surface area contributed by atoms with Gasteiger partial charge in [0, 0.05) is 20.0 Å². The Labute approximate surface area is 85.7 Å². The third-order valence-electron chi connectivity index (χ3n) is 2.05. The highest BCUT2D eigenvalue weighted by Crippen LogP contribution is 2.12. The van der Waals surface area contributed by atoms with Crippen LogP contribution < -0.4 is 10.6 Å². The van der Waals surface area contributed by atoms with Gasteiger partial charge in [-0.2, -0.15) is 5.26 Å². The molecule has 80 valence electrons. The Kier molecular flexibility index (Phi) is 5.89. The van der Waals surface area contributed by atoms with Crippen molar-refractivity contribution in [3.8, 4) is 6.07 Å². The van der Waals surface area contributed by atoms with Crippen molar-refractivity contribution < 1.29 is 4.79 Å². The molecule has 14 heavy (non-hydrogen) atoms. The fraction of sp³-hybridized carbons (Fsp3) is 0.800. The van der Waals surface area contributed by atoms with Gasteiger partial charge in [0.25, 0.3) is 0 Å². The molecular formula is C10H19N3O. The van der Waals surface area contributed by atoms with Gasteiger partial charge in [-0.05, 0) is 26.8 Å². The summed E-state index contributed by atoms with van der Waals surface area (Å²) in [6.45, 7) is 5.21. The maximum atomic E-state index is 11.3. The first-order chi connectivity index (χ1) is 6.54. The number of nitrogens with zero attached hydrogens (tertiary/aromatic N) is 1. The van der Waals surface area contributed by atoms with E-state index in [0.717, 1.165) is 13.0 Å². The van der Waals surface area contributed by atoms with Gasteiger partial charge in [-0.15, -0.1) is 0 Å². The summed E-state index contributed by atoms with van der Waals surface area (Å²) in [5.41, 5.74) is -0.388. The molecule has 0 aliphatic carbocycles. The molecule has 0 rings (SSSR count). The van der Waals surface area contributed by atoms with Crippen LogP contribution in [0.25, 0.3) is 0 Å². The predicted molar refractivity (Wildman–Crippen MR) is 55.6 cm³/mol. The predicted octanol–water partition coefficient (Wildman–Crippen LogP) is 0.652. The Morgan fingerprint density at radius 2 is 2.14 bits per heavy atom. The second kappa shape index (κ2) is 6.39. The second-order valence-electron chi connectivity index (χ2n) is 3.90. The van der Waals surface area contributed by atoms with Crippen LogP contribution >= 0.6 is 0 Å². The van der Waals surface area contributed by atoms with Gasteiger partial charge in [-0.25, -0.2) is 0 Å². The van der Waals surface area contributed by atoms with Gasteiger partial charge in [0.2, 0.25) is 5.91 Å². The molecule has 0 aliphatic rings. The number of hydrogen-bond donors (Lipinski definition) is 2. The molecule has 0 fully saturated rings. The highest BCUT2D eigenvalue weighted by molar-refractivity contribution is 5.81. The Morgan fingerprint density at radius 1 is 1.50 bits per heavy atom. The van der Waals surface area contributed by atoms with E-state index in [9.17, 15) is 4.79 Å². The summed E-state index contributed by atoms with van der Waals surface area (Å²) in [5, 5.41) is 14.1. The molecule has 0 bridgehead atoms. The van der Waals surface area contributed by atoms with E-state index in [2.05, 4.69) is 16.7 Å². The van der Waals surface area contributed by atoms with Crippen LogP contribution in [0.15, 0.2) is 0 Å². The van der Waals surface area contributed by atoms with Gasteiger partial charge in [-0.1, -0.05) is 0 Å². The lowest BCUT2D eigenvalue weighted by molar-refractivity contribution is -0.128. The number of carbonyl (C=O) groups excluding carboxylic acids is 1. The molecule has 4 heteroatoms. The molecule has 0 aromatic rings. The molecule has 0 heterocycles. The summed E-state index contributed by atoms with van der Waals surface area (Å²) < 4.78 is 0. The van der Waals surface area contributed by atoms with Crippen LogP contribution in [0.4, 0.5) is 0 Å². The quantitative estimate of drug-likeness (QED) is 0.614. The third-order valence-corrected chi connectivity index (χ3v) is 2.05. The first-order valence-corrected chi connectivity index (χ1v) is 4.84.